The average Bonchev–Trinajstić information content (AvgIpc) is 3.78. The van der Waals surface area contributed by atoms with Crippen LogP contribution >= 0.6 is 22.7 Å². The summed E-state index contributed by atoms with van der Waals surface area (Å²) in [6.45, 7) is 2.23. The maximum atomic E-state index is 14.2. The maximum Gasteiger partial charge on any atom is 0.262 e. The molecule has 0 bridgehead atoms. The third-order valence-electron chi connectivity index (χ3n) is 8.27. The van der Waals surface area contributed by atoms with E-state index in [1.54, 1.807) is 17.6 Å². The second-order valence-electron chi connectivity index (χ2n) is 11.1. The van der Waals surface area contributed by atoms with Gasteiger partial charge >= 0.3 is 0 Å². The smallest absolute Gasteiger partial charge is 0.262 e. The summed E-state index contributed by atoms with van der Waals surface area (Å²) >= 11 is 3.09. The molecule has 0 aliphatic carbocycles. The molecule has 0 atom stereocenters. The number of rotatable bonds is 8. The zero-order chi connectivity index (χ0) is 30.3. The van der Waals surface area contributed by atoms with Crippen molar-refractivity contribution in [1.82, 2.24) is 4.57 Å². The number of carbonyl (C=O) groups excluding carboxylic acids is 1. The first-order valence-electron chi connectivity index (χ1n) is 15.1. The number of fused-ring (bicyclic) bond motifs is 5. The van der Waals surface area contributed by atoms with Crippen molar-refractivity contribution in [3.05, 3.63) is 108 Å². The van der Waals surface area contributed by atoms with Crippen LogP contribution in [0.3, 0.4) is 0 Å². The van der Waals surface area contributed by atoms with E-state index < -0.39 is 0 Å². The molecule has 0 amide bonds. The van der Waals surface area contributed by atoms with E-state index in [0.717, 1.165) is 48.4 Å². The molecule has 0 spiro atoms. The van der Waals surface area contributed by atoms with Crippen LogP contribution in [0.2, 0.25) is 0 Å². The van der Waals surface area contributed by atoms with Crippen LogP contribution in [0, 0.1) is 0 Å². The highest BCUT2D eigenvalue weighted by molar-refractivity contribution is 7.24. The van der Waals surface area contributed by atoms with Gasteiger partial charge in [-0.05, 0) is 48.2 Å². The summed E-state index contributed by atoms with van der Waals surface area (Å²) in [5, 5.41) is 3.98. The SMILES string of the molecule is CCCCCCc1ccc(C(=O)n2c3ccccc3c3ccc(-c4sc(-c5scc6c5OC=CO6)c5c4OC=CO5)cc32)cc1. The van der Waals surface area contributed by atoms with E-state index in [-0.39, 0.29) is 5.91 Å². The Kier molecular flexibility index (Phi) is 7.16. The van der Waals surface area contributed by atoms with Crippen molar-refractivity contribution >= 4 is 50.4 Å². The normalized spacial score (nSPS) is 13.2. The van der Waals surface area contributed by atoms with Crippen LogP contribution in [0.25, 0.3) is 42.0 Å². The summed E-state index contributed by atoms with van der Waals surface area (Å²) < 4.78 is 25.4. The highest BCUT2D eigenvalue weighted by atomic mass is 32.1. The molecule has 45 heavy (non-hydrogen) atoms. The van der Waals surface area contributed by atoms with Crippen molar-refractivity contribution in [2.24, 2.45) is 0 Å². The topological polar surface area (TPSA) is 58.9 Å². The van der Waals surface area contributed by atoms with Crippen LogP contribution < -0.4 is 18.9 Å². The largest absolute Gasteiger partial charge is 0.457 e. The van der Waals surface area contributed by atoms with E-state index >= 15 is 0 Å². The lowest BCUT2D eigenvalue weighted by Crippen LogP contribution is -2.11. The lowest BCUT2D eigenvalue weighted by atomic mass is 10.0. The third-order valence-corrected chi connectivity index (χ3v) is 10.6. The molecule has 0 N–H and O–H groups in total. The fraction of sp³-hybridized carbons (Fsp3) is 0.162. The Morgan fingerprint density at radius 2 is 1.44 bits per heavy atom. The molecule has 2 aliphatic heterocycles. The molecular formula is C37H29NO5S2. The zero-order valence-electron chi connectivity index (χ0n) is 24.6. The van der Waals surface area contributed by atoms with Crippen molar-refractivity contribution in [1.29, 1.82) is 0 Å². The maximum absolute atomic E-state index is 14.2. The minimum Gasteiger partial charge on any atom is -0.457 e. The summed E-state index contributed by atoms with van der Waals surface area (Å²) in [4.78, 5) is 16.9. The lowest BCUT2D eigenvalue weighted by Gasteiger charge is -2.12. The van der Waals surface area contributed by atoms with Gasteiger partial charge in [-0.25, -0.2) is 0 Å². The summed E-state index contributed by atoms with van der Waals surface area (Å²) in [5.41, 5.74) is 4.58. The third kappa shape index (κ3) is 4.81. The first kappa shape index (κ1) is 27.7. The number of para-hydroxylation sites is 1. The average molecular weight is 632 g/mol. The molecule has 6 aromatic rings. The van der Waals surface area contributed by atoms with Gasteiger partial charge < -0.3 is 18.9 Å². The van der Waals surface area contributed by atoms with E-state index in [9.17, 15) is 4.79 Å². The fourth-order valence-electron chi connectivity index (χ4n) is 6.05. The van der Waals surface area contributed by atoms with Gasteiger partial charge in [0.25, 0.3) is 5.91 Å². The predicted molar refractivity (Wildman–Crippen MR) is 181 cm³/mol. The minimum absolute atomic E-state index is 0.0530. The van der Waals surface area contributed by atoms with Crippen molar-refractivity contribution in [3.63, 3.8) is 0 Å². The van der Waals surface area contributed by atoms with E-state index in [2.05, 4.69) is 43.3 Å². The Labute approximate surface area is 268 Å². The Bertz CT molecular complexity index is 2130. The van der Waals surface area contributed by atoms with Crippen LogP contribution in [-0.2, 0) is 6.42 Å². The number of aryl methyl sites for hydroxylation is 1. The molecule has 5 heterocycles. The molecule has 224 valence electrons. The predicted octanol–water partition coefficient (Wildman–Crippen LogP) is 10.5. The Hall–Kier alpha value is -4.79. The monoisotopic (exact) mass is 631 g/mol. The Balaban J connectivity index is 1.22. The number of ether oxygens (including phenoxy) is 4. The van der Waals surface area contributed by atoms with Crippen LogP contribution in [-0.4, -0.2) is 10.5 Å². The molecule has 0 saturated carbocycles. The second-order valence-corrected chi connectivity index (χ2v) is 13.0. The van der Waals surface area contributed by atoms with Gasteiger partial charge in [0.15, 0.2) is 23.0 Å². The molecule has 0 saturated heterocycles. The van der Waals surface area contributed by atoms with Crippen molar-refractivity contribution < 1.29 is 23.7 Å². The number of nitrogens with zero attached hydrogens (tertiary/aromatic N) is 1. The van der Waals surface area contributed by atoms with E-state index in [1.165, 1.54) is 61.4 Å². The van der Waals surface area contributed by atoms with E-state index in [0.29, 0.717) is 28.6 Å². The van der Waals surface area contributed by atoms with Gasteiger partial charge in [0.05, 0.1) is 25.7 Å². The van der Waals surface area contributed by atoms with Gasteiger partial charge in [0.2, 0.25) is 0 Å². The van der Waals surface area contributed by atoms with Gasteiger partial charge in [-0.2, -0.15) is 0 Å². The standard InChI is InChI=1S/C37H29NO5S2/c1-2-3-4-5-8-23-11-13-24(14-12-23)37(39)38-28-10-7-6-9-26(28)27-16-15-25(21-29(27)38)34-32-33(43-20-19-42-32)36(45-34)35-31-30(22-44-35)40-17-18-41-31/h6-7,9-22H,2-5,8H2,1H3. The molecule has 0 unspecified atom stereocenters. The quantitative estimate of drug-likeness (QED) is 0.156. The second kappa shape index (κ2) is 11.6. The van der Waals surface area contributed by atoms with Crippen LogP contribution in [0.4, 0.5) is 0 Å². The summed E-state index contributed by atoms with van der Waals surface area (Å²) in [5.74, 6) is 2.54. The number of unbranched alkanes of at least 4 members (excludes halogenated alkanes) is 3. The van der Waals surface area contributed by atoms with Crippen LogP contribution in [0.1, 0.15) is 48.5 Å². The van der Waals surface area contributed by atoms with Crippen LogP contribution in [0.15, 0.2) is 97.2 Å². The van der Waals surface area contributed by atoms with Crippen molar-refractivity contribution in [3.8, 4) is 43.2 Å². The van der Waals surface area contributed by atoms with Gasteiger partial charge in [-0.15, -0.1) is 22.7 Å². The van der Waals surface area contributed by atoms with E-state index in [1.807, 2.05) is 40.3 Å². The molecule has 0 fully saturated rings. The van der Waals surface area contributed by atoms with Crippen molar-refractivity contribution in [2.75, 3.05) is 0 Å². The molecule has 8 heteroatoms. The molecular weight excluding hydrogens is 603 g/mol. The molecule has 6 nitrogen and oxygen atoms in total. The number of carbonyl (C=O) groups is 1. The Morgan fingerprint density at radius 3 is 2.27 bits per heavy atom. The van der Waals surface area contributed by atoms with E-state index in [4.69, 9.17) is 18.9 Å². The number of thiophene rings is 2. The first-order valence-corrected chi connectivity index (χ1v) is 16.8. The molecule has 3 aromatic carbocycles. The number of benzene rings is 3. The number of aromatic nitrogens is 1. The van der Waals surface area contributed by atoms with Gasteiger partial charge in [0, 0.05) is 21.7 Å². The highest BCUT2D eigenvalue weighted by Crippen LogP contribution is 2.58. The van der Waals surface area contributed by atoms with Gasteiger partial charge in [-0.3, -0.25) is 9.36 Å². The minimum atomic E-state index is -0.0530. The Morgan fingerprint density at radius 1 is 0.711 bits per heavy atom. The first-order chi connectivity index (χ1) is 22.2. The lowest BCUT2D eigenvalue weighted by molar-refractivity contribution is 0.0969. The molecule has 0 radical (unpaired) electrons. The van der Waals surface area contributed by atoms with Gasteiger partial charge in [0.1, 0.15) is 25.0 Å². The zero-order valence-corrected chi connectivity index (χ0v) is 26.2. The van der Waals surface area contributed by atoms with Gasteiger partial charge in [-0.1, -0.05) is 68.7 Å². The van der Waals surface area contributed by atoms with Crippen LogP contribution in [0.5, 0.6) is 23.0 Å². The number of hydrogen-bond donors (Lipinski definition) is 0. The number of hydrogen-bond acceptors (Lipinski definition) is 7. The summed E-state index contributed by atoms with van der Waals surface area (Å²) in [7, 11) is 0. The fourth-order valence-corrected chi connectivity index (χ4v) is 8.27. The summed E-state index contributed by atoms with van der Waals surface area (Å²) in [6.07, 6.45) is 12.1. The molecule has 3 aromatic heterocycles. The molecule has 2 aliphatic rings. The summed E-state index contributed by atoms with van der Waals surface area (Å²) in [6, 6.07) is 22.5. The molecule has 8 rings (SSSR count). The highest BCUT2D eigenvalue weighted by Gasteiger charge is 2.30. The van der Waals surface area contributed by atoms with Crippen molar-refractivity contribution in [2.45, 2.75) is 39.0 Å².